The average molecular weight is 385 g/mol. The highest BCUT2D eigenvalue weighted by Crippen LogP contribution is 2.39. The molecule has 0 radical (unpaired) electrons. The standard InChI is InChI=1S/C24H32O2S/c1-2-3-4-5-6-7-8-9-10-11-15-21-18-20-17-19-14-12-13-16-22(19)23(25)24(20)27-26-21/h12-14,16,18H,2-11,15,17H2,1H3. The molecule has 0 N–H and O–H groups in total. The summed E-state index contributed by atoms with van der Waals surface area (Å²) in [4.78, 5) is 13.4. The molecule has 0 saturated carbocycles. The summed E-state index contributed by atoms with van der Waals surface area (Å²) in [5.41, 5.74) is 3.11. The SMILES string of the molecule is CCCCCCCCCCCCC1=CC2=C(SO1)C(=O)c1ccccc1C2. The van der Waals surface area contributed by atoms with Crippen molar-refractivity contribution in [2.45, 2.75) is 84.0 Å². The molecule has 27 heavy (non-hydrogen) atoms. The molecule has 0 spiro atoms. The summed E-state index contributed by atoms with van der Waals surface area (Å²) in [6.45, 7) is 2.27. The van der Waals surface area contributed by atoms with Crippen LogP contribution in [0.15, 0.2) is 46.6 Å². The van der Waals surface area contributed by atoms with Gasteiger partial charge in [0.1, 0.15) is 5.76 Å². The quantitative estimate of drug-likeness (QED) is 0.291. The summed E-state index contributed by atoms with van der Waals surface area (Å²) in [5, 5.41) is 0. The van der Waals surface area contributed by atoms with Crippen LogP contribution >= 0.6 is 12.0 Å². The largest absolute Gasteiger partial charge is 0.425 e. The Balaban J connectivity index is 1.37. The monoisotopic (exact) mass is 384 g/mol. The highest BCUT2D eigenvalue weighted by molar-refractivity contribution is 7.99. The molecular formula is C24H32O2S. The lowest BCUT2D eigenvalue weighted by Crippen LogP contribution is -2.16. The third-order valence-corrected chi connectivity index (χ3v) is 6.40. The number of Topliss-reactive ketones (excluding diaryl/α,β-unsaturated/α-hetero) is 1. The summed E-state index contributed by atoms with van der Waals surface area (Å²) < 4.78 is 5.81. The van der Waals surface area contributed by atoms with Gasteiger partial charge in [-0.2, -0.15) is 0 Å². The van der Waals surface area contributed by atoms with Gasteiger partial charge in [0.15, 0.2) is 0 Å². The fourth-order valence-corrected chi connectivity index (χ4v) is 4.62. The van der Waals surface area contributed by atoms with Crippen LogP contribution in [0.3, 0.4) is 0 Å². The first-order chi connectivity index (χ1) is 13.3. The van der Waals surface area contributed by atoms with Crippen LogP contribution in [-0.4, -0.2) is 5.78 Å². The third-order valence-electron chi connectivity index (χ3n) is 5.48. The molecule has 0 fully saturated rings. The Bertz CT molecular complexity index is 702. The van der Waals surface area contributed by atoms with E-state index in [1.807, 2.05) is 18.2 Å². The van der Waals surface area contributed by atoms with Crippen LogP contribution in [0.1, 0.15) is 93.5 Å². The normalized spacial score (nSPS) is 15.9. The molecule has 1 aliphatic carbocycles. The molecule has 2 nitrogen and oxygen atoms in total. The van der Waals surface area contributed by atoms with Crippen molar-refractivity contribution in [2.75, 3.05) is 0 Å². The number of unbranched alkanes of at least 4 members (excludes halogenated alkanes) is 9. The number of carbonyl (C=O) groups excluding carboxylic acids is 1. The Morgan fingerprint density at radius 1 is 0.926 bits per heavy atom. The molecule has 1 aliphatic heterocycles. The van der Waals surface area contributed by atoms with E-state index in [2.05, 4.69) is 19.1 Å². The first kappa shape index (κ1) is 20.3. The molecular weight excluding hydrogens is 352 g/mol. The smallest absolute Gasteiger partial charge is 0.203 e. The highest BCUT2D eigenvalue weighted by atomic mass is 32.2. The Morgan fingerprint density at radius 2 is 1.59 bits per heavy atom. The summed E-state index contributed by atoms with van der Waals surface area (Å²) in [7, 11) is 0. The maximum Gasteiger partial charge on any atom is 0.203 e. The van der Waals surface area contributed by atoms with E-state index in [0.29, 0.717) is 0 Å². The van der Waals surface area contributed by atoms with E-state index in [1.54, 1.807) is 0 Å². The second-order valence-electron chi connectivity index (χ2n) is 7.73. The minimum atomic E-state index is 0.117. The van der Waals surface area contributed by atoms with Crippen LogP contribution in [0, 0.1) is 0 Å². The van der Waals surface area contributed by atoms with Crippen molar-refractivity contribution in [1.29, 1.82) is 0 Å². The van der Waals surface area contributed by atoms with Crippen LogP contribution in [0.4, 0.5) is 0 Å². The fourth-order valence-electron chi connectivity index (χ4n) is 3.87. The molecule has 3 rings (SSSR count). The number of benzene rings is 1. The molecule has 1 aromatic carbocycles. The van der Waals surface area contributed by atoms with Gasteiger partial charge in [-0.05, 0) is 30.1 Å². The van der Waals surface area contributed by atoms with Crippen molar-refractivity contribution in [3.63, 3.8) is 0 Å². The van der Waals surface area contributed by atoms with Crippen molar-refractivity contribution >= 4 is 17.8 Å². The molecule has 2 aliphatic rings. The van der Waals surface area contributed by atoms with Crippen LogP contribution in [-0.2, 0) is 10.6 Å². The van der Waals surface area contributed by atoms with Gasteiger partial charge in [0.05, 0.1) is 16.9 Å². The zero-order valence-corrected chi connectivity index (χ0v) is 17.4. The van der Waals surface area contributed by atoms with Crippen LogP contribution in [0.25, 0.3) is 0 Å². The molecule has 3 heteroatoms. The van der Waals surface area contributed by atoms with E-state index in [-0.39, 0.29) is 5.78 Å². The maximum absolute atomic E-state index is 12.6. The third kappa shape index (κ3) is 5.75. The van der Waals surface area contributed by atoms with Gasteiger partial charge in [-0.1, -0.05) is 89.0 Å². The van der Waals surface area contributed by atoms with Gasteiger partial charge in [-0.3, -0.25) is 4.79 Å². The number of hydrogen-bond donors (Lipinski definition) is 0. The second kappa shape index (κ2) is 10.8. The van der Waals surface area contributed by atoms with Gasteiger partial charge in [-0.15, -0.1) is 0 Å². The minimum Gasteiger partial charge on any atom is -0.425 e. The average Bonchev–Trinajstić information content (AvgIpc) is 2.69. The predicted octanol–water partition coefficient (Wildman–Crippen LogP) is 7.55. The summed E-state index contributed by atoms with van der Waals surface area (Å²) >= 11 is 1.27. The van der Waals surface area contributed by atoms with E-state index in [9.17, 15) is 4.79 Å². The van der Waals surface area contributed by atoms with Gasteiger partial charge in [0.25, 0.3) is 0 Å². The van der Waals surface area contributed by atoms with E-state index in [0.717, 1.165) is 40.2 Å². The molecule has 0 bridgehead atoms. The number of fused-ring (bicyclic) bond motifs is 1. The maximum atomic E-state index is 12.6. The lowest BCUT2D eigenvalue weighted by molar-refractivity contribution is 0.103. The highest BCUT2D eigenvalue weighted by Gasteiger charge is 2.29. The zero-order chi connectivity index (χ0) is 18.9. The van der Waals surface area contributed by atoms with Crippen molar-refractivity contribution in [3.8, 4) is 0 Å². The number of hydrogen-bond acceptors (Lipinski definition) is 3. The lowest BCUT2D eigenvalue weighted by atomic mass is 9.90. The van der Waals surface area contributed by atoms with Crippen molar-refractivity contribution < 1.29 is 8.98 Å². The Morgan fingerprint density at radius 3 is 2.33 bits per heavy atom. The van der Waals surface area contributed by atoms with Crippen LogP contribution < -0.4 is 0 Å². The molecule has 146 valence electrons. The predicted molar refractivity (Wildman–Crippen MR) is 115 cm³/mol. The molecule has 0 atom stereocenters. The van der Waals surface area contributed by atoms with E-state index < -0.39 is 0 Å². The van der Waals surface area contributed by atoms with Gasteiger partial charge >= 0.3 is 0 Å². The van der Waals surface area contributed by atoms with Crippen LogP contribution in [0.2, 0.25) is 0 Å². The van der Waals surface area contributed by atoms with Crippen molar-refractivity contribution in [3.05, 3.63) is 57.7 Å². The van der Waals surface area contributed by atoms with Crippen molar-refractivity contribution in [2.24, 2.45) is 0 Å². The van der Waals surface area contributed by atoms with Crippen molar-refractivity contribution in [1.82, 2.24) is 0 Å². The molecule has 0 saturated heterocycles. The van der Waals surface area contributed by atoms with E-state index in [4.69, 9.17) is 4.18 Å². The number of allylic oxidation sites excluding steroid dienone is 4. The Kier molecular flexibility index (Phi) is 8.07. The lowest BCUT2D eigenvalue weighted by Gasteiger charge is -2.24. The van der Waals surface area contributed by atoms with Gasteiger partial charge in [0, 0.05) is 12.0 Å². The summed E-state index contributed by atoms with van der Waals surface area (Å²) in [6.07, 6.45) is 17.4. The Hall–Kier alpha value is -1.48. The molecule has 0 aromatic heterocycles. The summed E-state index contributed by atoms with van der Waals surface area (Å²) in [6, 6.07) is 7.93. The molecule has 0 amide bonds. The van der Waals surface area contributed by atoms with Gasteiger partial charge in [-0.25, -0.2) is 0 Å². The van der Waals surface area contributed by atoms with E-state index >= 15 is 0 Å². The van der Waals surface area contributed by atoms with Gasteiger partial charge < -0.3 is 4.18 Å². The first-order valence-electron chi connectivity index (χ1n) is 10.7. The zero-order valence-electron chi connectivity index (χ0n) is 16.6. The number of carbonyl (C=O) groups is 1. The summed E-state index contributed by atoms with van der Waals surface area (Å²) in [5.74, 6) is 1.15. The molecule has 0 unspecified atom stereocenters. The minimum absolute atomic E-state index is 0.117. The van der Waals surface area contributed by atoms with Gasteiger partial charge in [0.2, 0.25) is 5.78 Å². The molecule has 1 aromatic rings. The first-order valence-corrected chi connectivity index (χ1v) is 11.4. The number of rotatable bonds is 11. The molecule has 1 heterocycles. The Labute approximate surface area is 168 Å². The fraction of sp³-hybridized carbons (Fsp3) is 0.542. The second-order valence-corrected chi connectivity index (χ2v) is 8.47. The number of ketones is 1. The topological polar surface area (TPSA) is 26.3 Å². The van der Waals surface area contributed by atoms with E-state index in [1.165, 1.54) is 76.3 Å². The van der Waals surface area contributed by atoms with Crippen LogP contribution in [0.5, 0.6) is 0 Å².